The van der Waals surface area contributed by atoms with Crippen LogP contribution in [-0.2, 0) is 17.8 Å². The third-order valence-electron chi connectivity index (χ3n) is 5.08. The normalized spacial score (nSPS) is 16.6. The fraction of sp³-hybridized carbons (Fsp3) is 0.500. The Morgan fingerprint density at radius 2 is 2.11 bits per heavy atom. The Labute approximate surface area is 165 Å². The topological polar surface area (TPSA) is 85.4 Å². The maximum absolute atomic E-state index is 12.6. The number of rotatable bonds is 6. The molecule has 3 heterocycles. The molecule has 2 aromatic rings. The fourth-order valence-corrected chi connectivity index (χ4v) is 3.39. The molecule has 0 aromatic carbocycles. The van der Waals surface area contributed by atoms with Crippen molar-refractivity contribution in [2.45, 2.75) is 32.4 Å². The van der Waals surface area contributed by atoms with E-state index in [2.05, 4.69) is 19.9 Å². The summed E-state index contributed by atoms with van der Waals surface area (Å²) < 4.78 is 0. The van der Waals surface area contributed by atoms with Gasteiger partial charge in [-0.05, 0) is 32.0 Å². The summed E-state index contributed by atoms with van der Waals surface area (Å²) in [4.78, 5) is 41.8. The molecule has 0 spiro atoms. The lowest BCUT2D eigenvalue weighted by Crippen LogP contribution is -2.37. The molecule has 1 N–H and O–H groups in total. The van der Waals surface area contributed by atoms with Crippen molar-refractivity contribution in [3.05, 3.63) is 51.7 Å². The van der Waals surface area contributed by atoms with Gasteiger partial charge in [-0.1, -0.05) is 6.07 Å². The van der Waals surface area contributed by atoms with Crippen molar-refractivity contribution in [2.75, 3.05) is 39.1 Å². The second kappa shape index (κ2) is 8.52. The highest BCUT2D eigenvalue weighted by Gasteiger charge is 2.29. The highest BCUT2D eigenvalue weighted by Crippen LogP contribution is 2.17. The quantitative estimate of drug-likeness (QED) is 0.794. The van der Waals surface area contributed by atoms with Crippen LogP contribution in [0, 0.1) is 6.92 Å². The maximum atomic E-state index is 12.6. The summed E-state index contributed by atoms with van der Waals surface area (Å²) >= 11 is 0. The number of pyridine rings is 1. The smallest absolute Gasteiger partial charge is 0.252 e. The van der Waals surface area contributed by atoms with Gasteiger partial charge in [0.2, 0.25) is 11.9 Å². The largest absolute Gasteiger partial charge is 0.348 e. The molecule has 1 fully saturated rings. The van der Waals surface area contributed by atoms with E-state index in [0.29, 0.717) is 25.5 Å². The molecule has 0 unspecified atom stereocenters. The van der Waals surface area contributed by atoms with Gasteiger partial charge in [-0.3, -0.25) is 24.5 Å². The summed E-state index contributed by atoms with van der Waals surface area (Å²) in [7, 11) is 5.70. The van der Waals surface area contributed by atoms with Crippen molar-refractivity contribution in [1.29, 1.82) is 0 Å². The van der Waals surface area contributed by atoms with Crippen LogP contribution in [0.3, 0.4) is 0 Å². The molecule has 1 aliphatic rings. The molecular weight excluding hydrogens is 356 g/mol. The monoisotopic (exact) mass is 384 g/mol. The zero-order valence-electron chi connectivity index (χ0n) is 17.0. The second-order valence-corrected chi connectivity index (χ2v) is 7.64. The summed E-state index contributed by atoms with van der Waals surface area (Å²) in [6.45, 7) is 3.94. The Balaban J connectivity index is 1.58. The fourth-order valence-electron chi connectivity index (χ4n) is 3.39. The number of nitrogens with one attached hydrogen (secondary N) is 1. The average Bonchev–Trinajstić information content (AvgIpc) is 3.13. The second-order valence-electron chi connectivity index (χ2n) is 7.64. The first-order valence-corrected chi connectivity index (χ1v) is 9.49. The number of amides is 1. The number of hydrogen-bond acceptors (Lipinski definition) is 6. The number of likely N-dealkylation sites (tertiary alicyclic amines) is 1. The van der Waals surface area contributed by atoms with E-state index in [0.717, 1.165) is 29.9 Å². The number of carbonyl (C=O) groups excluding carboxylic acids is 1. The first-order chi connectivity index (χ1) is 13.3. The van der Waals surface area contributed by atoms with Gasteiger partial charge in [0.25, 0.3) is 5.56 Å². The van der Waals surface area contributed by atoms with Gasteiger partial charge < -0.3 is 9.80 Å². The van der Waals surface area contributed by atoms with Gasteiger partial charge in [-0.2, -0.15) is 0 Å². The van der Waals surface area contributed by atoms with E-state index in [1.54, 1.807) is 11.1 Å². The molecule has 0 radical (unpaired) electrons. The summed E-state index contributed by atoms with van der Waals surface area (Å²) in [6, 6.07) is 5.68. The van der Waals surface area contributed by atoms with Crippen LogP contribution in [0.4, 0.5) is 5.95 Å². The van der Waals surface area contributed by atoms with Crippen LogP contribution < -0.4 is 10.5 Å². The van der Waals surface area contributed by atoms with Crippen LogP contribution in [-0.4, -0.2) is 70.9 Å². The van der Waals surface area contributed by atoms with Gasteiger partial charge >= 0.3 is 0 Å². The minimum atomic E-state index is -0.156. The number of carbonyl (C=O) groups is 1. The van der Waals surface area contributed by atoms with E-state index in [1.165, 1.54) is 6.07 Å². The molecule has 1 atom stereocenters. The van der Waals surface area contributed by atoms with Crippen molar-refractivity contribution in [1.82, 2.24) is 24.8 Å². The SMILES string of the molecule is Cc1ccc(CC(=O)N2CC[C@@H](N(C)Cc3cc(=O)[nH]c(N(C)C)n3)C2)cn1. The molecule has 0 aliphatic carbocycles. The van der Waals surface area contributed by atoms with E-state index in [4.69, 9.17) is 0 Å². The minimum Gasteiger partial charge on any atom is -0.348 e. The van der Waals surface area contributed by atoms with Crippen LogP contribution in [0.2, 0.25) is 0 Å². The average molecular weight is 384 g/mol. The number of aromatic nitrogens is 3. The lowest BCUT2D eigenvalue weighted by atomic mass is 10.2. The number of H-pyrrole nitrogens is 1. The predicted octanol–water partition coefficient (Wildman–Crippen LogP) is 0.815. The number of aromatic amines is 1. The molecule has 0 saturated carbocycles. The molecule has 1 saturated heterocycles. The van der Waals surface area contributed by atoms with Gasteiger partial charge in [0, 0.05) is 57.7 Å². The number of hydrogen-bond donors (Lipinski definition) is 1. The van der Waals surface area contributed by atoms with Gasteiger partial charge in [0.1, 0.15) is 0 Å². The Kier molecular flexibility index (Phi) is 6.08. The molecule has 3 rings (SSSR count). The van der Waals surface area contributed by atoms with Crippen LogP contribution in [0.5, 0.6) is 0 Å². The van der Waals surface area contributed by atoms with Gasteiger partial charge in [-0.25, -0.2) is 4.98 Å². The number of aryl methyl sites for hydroxylation is 1. The van der Waals surface area contributed by atoms with E-state index < -0.39 is 0 Å². The lowest BCUT2D eigenvalue weighted by molar-refractivity contribution is -0.129. The Morgan fingerprint density at radius 3 is 2.79 bits per heavy atom. The third kappa shape index (κ3) is 4.95. The van der Waals surface area contributed by atoms with E-state index >= 15 is 0 Å². The summed E-state index contributed by atoms with van der Waals surface area (Å²) in [6.07, 6.45) is 3.07. The van der Waals surface area contributed by atoms with E-state index in [-0.39, 0.29) is 17.5 Å². The van der Waals surface area contributed by atoms with Crippen molar-refractivity contribution in [2.24, 2.45) is 0 Å². The van der Waals surface area contributed by atoms with E-state index in [1.807, 2.05) is 45.1 Å². The van der Waals surface area contributed by atoms with Gasteiger partial charge in [-0.15, -0.1) is 0 Å². The Bertz CT molecular complexity index is 877. The van der Waals surface area contributed by atoms with Crippen molar-refractivity contribution in [3.8, 4) is 0 Å². The molecule has 28 heavy (non-hydrogen) atoms. The molecule has 150 valence electrons. The van der Waals surface area contributed by atoms with Crippen molar-refractivity contribution in [3.63, 3.8) is 0 Å². The molecule has 2 aromatic heterocycles. The lowest BCUT2D eigenvalue weighted by Gasteiger charge is -2.24. The molecular formula is C20H28N6O2. The molecule has 0 bridgehead atoms. The summed E-state index contributed by atoms with van der Waals surface area (Å²) in [5.74, 6) is 0.677. The summed E-state index contributed by atoms with van der Waals surface area (Å²) in [5, 5.41) is 0. The standard InChI is InChI=1S/C20H28N6O2/c1-14-5-6-15(11-21-14)9-19(28)26-8-7-17(13-26)25(4)12-16-10-18(27)23-20(22-16)24(2)3/h5-6,10-11,17H,7-9,12-13H2,1-4H3,(H,22,23,27)/t17-/m1/s1. The van der Waals surface area contributed by atoms with Crippen LogP contribution >= 0.6 is 0 Å². The molecule has 1 aliphatic heterocycles. The van der Waals surface area contributed by atoms with Crippen molar-refractivity contribution >= 4 is 11.9 Å². The first-order valence-electron chi connectivity index (χ1n) is 9.49. The van der Waals surface area contributed by atoms with Gasteiger partial charge in [0.15, 0.2) is 0 Å². The molecule has 8 nitrogen and oxygen atoms in total. The van der Waals surface area contributed by atoms with Crippen LogP contribution in [0.15, 0.2) is 29.2 Å². The minimum absolute atomic E-state index is 0.130. The van der Waals surface area contributed by atoms with Crippen LogP contribution in [0.1, 0.15) is 23.4 Å². The number of nitrogens with zero attached hydrogens (tertiary/aromatic N) is 5. The predicted molar refractivity (Wildman–Crippen MR) is 108 cm³/mol. The zero-order valence-corrected chi connectivity index (χ0v) is 17.0. The Morgan fingerprint density at radius 1 is 1.32 bits per heavy atom. The van der Waals surface area contributed by atoms with E-state index in [9.17, 15) is 9.59 Å². The molecule has 8 heteroatoms. The highest BCUT2D eigenvalue weighted by atomic mass is 16.2. The Hall–Kier alpha value is -2.74. The van der Waals surface area contributed by atoms with Gasteiger partial charge in [0.05, 0.1) is 12.1 Å². The van der Waals surface area contributed by atoms with Crippen LogP contribution in [0.25, 0.3) is 0 Å². The summed E-state index contributed by atoms with van der Waals surface area (Å²) in [5.41, 5.74) is 2.46. The first kappa shape index (κ1) is 20.0. The third-order valence-corrected chi connectivity index (χ3v) is 5.08. The zero-order chi connectivity index (χ0) is 20.3. The highest BCUT2D eigenvalue weighted by molar-refractivity contribution is 5.79. The molecule has 1 amide bonds. The number of anilines is 1. The number of likely N-dealkylation sites (N-methyl/N-ethyl adjacent to an activating group) is 1. The van der Waals surface area contributed by atoms with Crippen molar-refractivity contribution < 1.29 is 4.79 Å². The maximum Gasteiger partial charge on any atom is 0.252 e.